The number of hydrogen-bond donors (Lipinski definition) is 0. The van der Waals surface area contributed by atoms with Crippen LogP contribution in [0.15, 0.2) is 30.3 Å². The number of carbonyl (C=O) groups excluding carboxylic acids is 1. The van der Waals surface area contributed by atoms with E-state index in [0.717, 1.165) is 36.1 Å². The largest absolute Gasteiger partial charge is 0.383 e. The second kappa shape index (κ2) is 7.04. The van der Waals surface area contributed by atoms with Gasteiger partial charge in [0.15, 0.2) is 0 Å². The summed E-state index contributed by atoms with van der Waals surface area (Å²) in [6.07, 6.45) is 2.18. The van der Waals surface area contributed by atoms with Crippen LogP contribution in [0.1, 0.15) is 50.1 Å². The van der Waals surface area contributed by atoms with Gasteiger partial charge in [-0.3, -0.25) is 4.79 Å². The first-order valence-electron chi connectivity index (χ1n) is 9.96. The molecule has 1 amide bonds. The quantitative estimate of drug-likeness (QED) is 0.668. The van der Waals surface area contributed by atoms with Crippen LogP contribution in [0.5, 0.6) is 0 Å². The molecular formula is C22H29N3O2. The second-order valence-corrected chi connectivity index (χ2v) is 7.88. The lowest BCUT2D eigenvalue weighted by atomic mass is 10.2. The minimum Gasteiger partial charge on any atom is -0.383 e. The van der Waals surface area contributed by atoms with Crippen molar-refractivity contribution < 1.29 is 9.53 Å². The Kier molecular flexibility index (Phi) is 4.72. The van der Waals surface area contributed by atoms with Crippen molar-refractivity contribution in [2.24, 2.45) is 0 Å². The van der Waals surface area contributed by atoms with Crippen molar-refractivity contribution in [3.8, 4) is 0 Å². The highest BCUT2D eigenvalue weighted by Gasteiger charge is 2.30. The Balaban J connectivity index is 1.96. The Bertz CT molecular complexity index is 982. The fourth-order valence-electron chi connectivity index (χ4n) is 4.55. The van der Waals surface area contributed by atoms with Gasteiger partial charge in [-0.25, -0.2) is 0 Å². The Morgan fingerprint density at radius 1 is 1.26 bits per heavy atom. The monoisotopic (exact) mass is 367 g/mol. The minimum absolute atomic E-state index is 0.145. The molecule has 2 aromatic heterocycles. The highest BCUT2D eigenvalue weighted by Crippen LogP contribution is 2.35. The molecule has 144 valence electrons. The molecule has 5 heteroatoms. The molecule has 0 aliphatic carbocycles. The number of para-hydroxylation sites is 1. The number of rotatable bonds is 5. The van der Waals surface area contributed by atoms with Crippen LogP contribution in [0.2, 0.25) is 0 Å². The summed E-state index contributed by atoms with van der Waals surface area (Å²) in [4.78, 5) is 15.4. The van der Waals surface area contributed by atoms with E-state index in [0.29, 0.717) is 25.2 Å². The number of amides is 1. The van der Waals surface area contributed by atoms with E-state index in [1.165, 1.54) is 10.9 Å². The van der Waals surface area contributed by atoms with E-state index in [2.05, 4.69) is 60.2 Å². The number of carbonyl (C=O) groups is 1. The van der Waals surface area contributed by atoms with Crippen LogP contribution < -0.4 is 0 Å². The van der Waals surface area contributed by atoms with Crippen molar-refractivity contribution in [2.75, 3.05) is 20.3 Å². The Morgan fingerprint density at radius 2 is 2.04 bits per heavy atom. The highest BCUT2D eigenvalue weighted by molar-refractivity contribution is 6.10. The van der Waals surface area contributed by atoms with Crippen LogP contribution in [0.3, 0.4) is 0 Å². The molecule has 0 spiro atoms. The number of aromatic nitrogens is 2. The standard InChI is InChI=1S/C22H29N3O2/c1-15(2)25-18-10-6-5-9-17(18)21-19(25)14-20(24(21)12-13-27-4)22(26)23-11-7-8-16(23)3/h5-6,9-10,14-16H,7-8,11-13H2,1-4H3. The van der Waals surface area contributed by atoms with Crippen molar-refractivity contribution in [1.29, 1.82) is 0 Å². The van der Waals surface area contributed by atoms with E-state index in [4.69, 9.17) is 4.74 Å². The third-order valence-electron chi connectivity index (χ3n) is 5.82. The van der Waals surface area contributed by atoms with Gasteiger partial charge in [-0.1, -0.05) is 18.2 Å². The third-order valence-corrected chi connectivity index (χ3v) is 5.82. The van der Waals surface area contributed by atoms with Crippen LogP contribution in [0.25, 0.3) is 21.9 Å². The van der Waals surface area contributed by atoms with Gasteiger partial charge in [0.2, 0.25) is 0 Å². The molecule has 1 saturated heterocycles. The van der Waals surface area contributed by atoms with Crippen LogP contribution in [0.4, 0.5) is 0 Å². The van der Waals surface area contributed by atoms with Crippen molar-refractivity contribution in [1.82, 2.24) is 14.0 Å². The zero-order chi connectivity index (χ0) is 19.1. The van der Waals surface area contributed by atoms with Gasteiger partial charge in [0.1, 0.15) is 5.69 Å². The van der Waals surface area contributed by atoms with Gasteiger partial charge in [-0.2, -0.15) is 0 Å². The zero-order valence-corrected chi connectivity index (χ0v) is 16.7. The van der Waals surface area contributed by atoms with E-state index in [1.54, 1.807) is 7.11 Å². The molecule has 27 heavy (non-hydrogen) atoms. The predicted octanol–water partition coefficient (Wildman–Crippen LogP) is 4.45. The SMILES string of the molecule is COCCn1c(C(=O)N2CCCC2C)cc2c1c1ccccc1n2C(C)C. The molecule has 1 aromatic carbocycles. The number of methoxy groups -OCH3 is 1. The molecule has 3 aromatic rings. The number of nitrogens with zero attached hydrogens (tertiary/aromatic N) is 3. The first kappa shape index (κ1) is 18.1. The van der Waals surface area contributed by atoms with Crippen molar-refractivity contribution in [3.05, 3.63) is 36.0 Å². The summed E-state index contributed by atoms with van der Waals surface area (Å²) in [6.45, 7) is 8.66. The topological polar surface area (TPSA) is 39.4 Å². The summed E-state index contributed by atoms with van der Waals surface area (Å²) in [5.41, 5.74) is 4.28. The third kappa shape index (κ3) is 2.85. The van der Waals surface area contributed by atoms with Gasteiger partial charge < -0.3 is 18.8 Å². The molecular weight excluding hydrogens is 338 g/mol. The number of ether oxygens (including phenoxy) is 1. The summed E-state index contributed by atoms with van der Waals surface area (Å²) in [5, 5.41) is 1.20. The summed E-state index contributed by atoms with van der Waals surface area (Å²) in [6, 6.07) is 11.2. The lowest BCUT2D eigenvalue weighted by Crippen LogP contribution is -2.35. The Morgan fingerprint density at radius 3 is 2.70 bits per heavy atom. The minimum atomic E-state index is 0.145. The van der Waals surface area contributed by atoms with E-state index in [1.807, 2.05) is 4.90 Å². The van der Waals surface area contributed by atoms with Gasteiger partial charge in [-0.05, 0) is 45.7 Å². The molecule has 1 fully saturated rings. The van der Waals surface area contributed by atoms with Gasteiger partial charge in [0, 0.05) is 37.7 Å². The van der Waals surface area contributed by atoms with Crippen LogP contribution in [-0.2, 0) is 11.3 Å². The second-order valence-electron chi connectivity index (χ2n) is 7.88. The Hall–Kier alpha value is -2.27. The molecule has 1 aliphatic rings. The molecule has 0 N–H and O–H groups in total. The van der Waals surface area contributed by atoms with Gasteiger partial charge in [-0.15, -0.1) is 0 Å². The maximum Gasteiger partial charge on any atom is 0.270 e. The lowest BCUT2D eigenvalue weighted by Gasteiger charge is -2.22. The van der Waals surface area contributed by atoms with Gasteiger partial charge >= 0.3 is 0 Å². The van der Waals surface area contributed by atoms with Crippen molar-refractivity contribution in [2.45, 2.75) is 52.2 Å². The maximum atomic E-state index is 13.4. The van der Waals surface area contributed by atoms with Gasteiger partial charge in [0.05, 0.1) is 23.2 Å². The van der Waals surface area contributed by atoms with Crippen LogP contribution >= 0.6 is 0 Å². The predicted molar refractivity (Wildman–Crippen MR) is 109 cm³/mol. The average Bonchev–Trinajstić information content (AvgIpc) is 3.31. The molecule has 1 atom stereocenters. The van der Waals surface area contributed by atoms with Crippen LogP contribution in [0, 0.1) is 0 Å². The molecule has 0 radical (unpaired) electrons. The zero-order valence-electron chi connectivity index (χ0n) is 16.7. The molecule has 4 rings (SSSR count). The van der Waals surface area contributed by atoms with E-state index in [-0.39, 0.29) is 5.91 Å². The fraction of sp³-hybridized carbons (Fsp3) is 0.500. The summed E-state index contributed by atoms with van der Waals surface area (Å²) >= 11 is 0. The first-order valence-corrected chi connectivity index (χ1v) is 9.96. The molecule has 1 unspecified atom stereocenters. The van der Waals surface area contributed by atoms with Gasteiger partial charge in [0.25, 0.3) is 5.91 Å². The number of benzene rings is 1. The van der Waals surface area contributed by atoms with E-state index < -0.39 is 0 Å². The van der Waals surface area contributed by atoms with E-state index in [9.17, 15) is 4.79 Å². The van der Waals surface area contributed by atoms with E-state index >= 15 is 0 Å². The normalized spacial score (nSPS) is 17.7. The summed E-state index contributed by atoms with van der Waals surface area (Å²) in [7, 11) is 1.71. The molecule has 1 aliphatic heterocycles. The highest BCUT2D eigenvalue weighted by atomic mass is 16.5. The smallest absolute Gasteiger partial charge is 0.270 e. The number of hydrogen-bond acceptors (Lipinski definition) is 2. The summed E-state index contributed by atoms with van der Waals surface area (Å²) < 4.78 is 9.88. The summed E-state index contributed by atoms with van der Waals surface area (Å²) in [5.74, 6) is 0.145. The number of likely N-dealkylation sites (tertiary alicyclic amines) is 1. The molecule has 3 heterocycles. The molecule has 0 saturated carbocycles. The number of fused-ring (bicyclic) bond motifs is 3. The fourth-order valence-corrected chi connectivity index (χ4v) is 4.55. The molecule has 5 nitrogen and oxygen atoms in total. The lowest BCUT2D eigenvalue weighted by molar-refractivity contribution is 0.0734. The van der Waals surface area contributed by atoms with Crippen molar-refractivity contribution in [3.63, 3.8) is 0 Å². The maximum absolute atomic E-state index is 13.4. The molecule has 0 bridgehead atoms. The van der Waals surface area contributed by atoms with Crippen LogP contribution in [-0.4, -0.2) is 46.2 Å². The Labute approximate surface area is 160 Å². The van der Waals surface area contributed by atoms with Crippen molar-refractivity contribution >= 4 is 27.8 Å². The average molecular weight is 367 g/mol. The first-order chi connectivity index (χ1) is 13.0.